The predicted molar refractivity (Wildman–Crippen MR) is 519 cm³/mol. The second-order valence-corrected chi connectivity index (χ2v) is 33.5. The van der Waals surface area contributed by atoms with Gasteiger partial charge in [-0.15, -0.1) is 0 Å². The van der Waals surface area contributed by atoms with E-state index >= 15 is 0 Å². The number of aromatic nitrogens is 8. The van der Waals surface area contributed by atoms with Crippen molar-refractivity contribution in [3.05, 3.63) is 310 Å². The van der Waals surface area contributed by atoms with Gasteiger partial charge in [0, 0.05) is 129 Å². The van der Waals surface area contributed by atoms with Gasteiger partial charge < -0.3 is 41.2 Å². The van der Waals surface area contributed by atoms with Gasteiger partial charge in [0.2, 0.25) is 23.6 Å². The average molecular weight is 1780 g/mol. The highest BCUT2D eigenvalue weighted by Crippen LogP contribution is 2.28. The van der Waals surface area contributed by atoms with E-state index in [1.165, 1.54) is 12.7 Å². The molecule has 0 aliphatic heterocycles. The van der Waals surface area contributed by atoms with Crippen LogP contribution < -0.4 is 36.5 Å². The molecule has 692 valence electrons. The van der Waals surface area contributed by atoms with Gasteiger partial charge in [0.15, 0.2) is 0 Å². The number of methoxy groups -OCH3 is 1. The zero-order valence-electron chi connectivity index (χ0n) is 77.5. The van der Waals surface area contributed by atoms with Crippen LogP contribution in [0.2, 0.25) is 0 Å². The summed E-state index contributed by atoms with van der Waals surface area (Å²) in [5.41, 5.74) is 19.0. The lowest BCUT2D eigenvalue weighted by molar-refractivity contribution is -0.117. The van der Waals surface area contributed by atoms with Gasteiger partial charge in [0.25, 0.3) is 0 Å². The Morgan fingerprint density at radius 3 is 0.870 bits per heavy atom. The van der Waals surface area contributed by atoms with Gasteiger partial charge in [0.1, 0.15) is 34.8 Å². The van der Waals surface area contributed by atoms with Gasteiger partial charge in [0.05, 0.1) is 71.4 Å². The number of ether oxygens (including phenoxy) is 3. The highest BCUT2D eigenvalue weighted by atomic mass is 16.5. The molecule has 0 aliphatic carbocycles. The van der Waals surface area contributed by atoms with E-state index < -0.39 is 0 Å². The number of esters is 1. The number of hydrogen-bond acceptors (Lipinski definition) is 21. The molecule has 0 unspecified atom stereocenters. The summed E-state index contributed by atoms with van der Waals surface area (Å²) < 4.78 is 17.8. The number of carbonyl (C=O) groups excluding carboxylic acids is 5. The van der Waals surface area contributed by atoms with Crippen LogP contribution in [0.3, 0.4) is 0 Å². The first kappa shape index (κ1) is 101. The quantitative estimate of drug-likeness (QED) is 0.0175. The Morgan fingerprint density at radius 1 is 0.298 bits per heavy atom. The van der Waals surface area contributed by atoms with E-state index in [1.807, 2.05) is 195 Å². The van der Waals surface area contributed by atoms with Crippen LogP contribution in [0.4, 0.5) is 23.3 Å². The van der Waals surface area contributed by atoms with Crippen molar-refractivity contribution in [2.45, 2.75) is 254 Å². The Kier molecular flexibility index (Phi) is 44.8. The van der Waals surface area contributed by atoms with Crippen molar-refractivity contribution < 1.29 is 38.2 Å². The van der Waals surface area contributed by atoms with Crippen molar-refractivity contribution in [3.8, 4) is 11.5 Å². The van der Waals surface area contributed by atoms with Gasteiger partial charge >= 0.3 is 5.97 Å². The van der Waals surface area contributed by atoms with Gasteiger partial charge in [-0.1, -0.05) is 165 Å². The molecule has 4 amide bonds. The van der Waals surface area contributed by atoms with E-state index in [1.54, 1.807) is 0 Å². The first-order chi connectivity index (χ1) is 64.1. The summed E-state index contributed by atoms with van der Waals surface area (Å²) in [5, 5.41) is 12.0. The third-order valence-corrected chi connectivity index (χ3v) is 21.9. The van der Waals surface area contributed by atoms with Gasteiger partial charge in [-0.3, -0.25) is 58.7 Å². The molecule has 3 aromatic carbocycles. The Morgan fingerprint density at radius 2 is 0.588 bits per heavy atom. The van der Waals surface area contributed by atoms with Crippen LogP contribution in [0.25, 0.3) is 0 Å². The molecule has 0 atom stereocenters. The number of unbranched alkanes of at least 4 members (excludes halogenated alkanes) is 12. The fourth-order valence-electron chi connectivity index (χ4n) is 15.3. The molecule has 25 nitrogen and oxygen atoms in total. The smallest absolute Gasteiger partial charge is 0.337 e. The zero-order chi connectivity index (χ0) is 92.1. The lowest BCUT2D eigenvalue weighted by Crippen LogP contribution is -2.25. The van der Waals surface area contributed by atoms with Crippen molar-refractivity contribution in [1.82, 2.24) is 59.5 Å². The topological polar surface area (TPSA) is 303 Å². The molecule has 6 N–H and O–H groups in total. The van der Waals surface area contributed by atoms with Gasteiger partial charge in [-0.2, -0.15) is 0 Å². The minimum atomic E-state index is -0.323. The summed E-state index contributed by atoms with van der Waals surface area (Å²) in [5.74, 6) is 3.43. The molecule has 11 rings (SSSR count). The second-order valence-electron chi connectivity index (χ2n) is 33.5. The van der Waals surface area contributed by atoms with E-state index in [0.29, 0.717) is 153 Å². The number of rotatable bonds is 58. The van der Waals surface area contributed by atoms with Crippen LogP contribution in [0, 0.1) is 0 Å². The molecule has 8 heterocycles. The van der Waals surface area contributed by atoms with Crippen molar-refractivity contribution in [2.75, 3.05) is 48.1 Å². The van der Waals surface area contributed by atoms with Crippen molar-refractivity contribution in [2.24, 2.45) is 5.73 Å². The average Bonchev–Trinajstić information content (AvgIpc) is 0.825. The highest BCUT2D eigenvalue weighted by molar-refractivity contribution is 5.91. The lowest BCUT2D eigenvalue weighted by atomic mass is 10.0. The fraction of sp³-hybridized carbons (Fsp3) is 0.406. The number of nitrogens with one attached hydrogen (secondary N) is 4. The first-order valence-corrected chi connectivity index (χ1v) is 47.0. The molecule has 131 heavy (non-hydrogen) atoms. The zero-order valence-corrected chi connectivity index (χ0v) is 77.5. The molecular formula is C106H135N17O8. The van der Waals surface area contributed by atoms with Crippen LogP contribution in [-0.4, -0.2) is 116 Å². The number of amides is 4. The van der Waals surface area contributed by atoms with E-state index in [4.69, 9.17) is 39.9 Å². The standard InChI is InChI=1S/C58H72N8O5.C48H63N9O3/c1-4-6-10-27-56(67)63-54-25-18-23-51(61-54)43-65(41-49-21-13-15-33-59-49)39-46-36-47(38-53(37-46)71-35-17-9-8-12-20-45-29-31-48(32-30-45)58(69)70-3)40-66(42-50-22-14-16-34-60-50)44-52-24-19-26-55(62-52)64-57(68)28-11-7-5-2;1-3-5-7-23-47(58)54-45-21-15-19-42(52-45)36-56(34-40-17-9-12-26-50-40)32-38-29-39(31-44(30-38)60-28-14-11-25-49)33-57(35-41-18-10-13-27-51-41)37-43-20-16-22-46(53-43)55-48(59)24-8-6-4-2/h13-16,18-19,21-26,29-34,36-38H,4-12,17,20,27-28,35,39-44H2,1-3H3,(H,61,63,67)(H,62,64,68);9-10,12-13,15-22,26-27,29-31H,3-8,11,14,23-25,28,32-37,49H2,1-2H3,(H,52,54,58)(H,53,55,59). The van der Waals surface area contributed by atoms with E-state index in [-0.39, 0.29) is 29.6 Å². The largest absolute Gasteiger partial charge is 0.494 e. The molecule has 8 aromatic heterocycles. The van der Waals surface area contributed by atoms with Crippen molar-refractivity contribution in [1.29, 1.82) is 0 Å². The normalized spacial score (nSPS) is 11.2. The number of pyridine rings is 8. The van der Waals surface area contributed by atoms with Crippen LogP contribution >= 0.6 is 0 Å². The van der Waals surface area contributed by atoms with E-state index in [0.717, 1.165) is 201 Å². The molecule has 11 aromatic rings. The Balaban J connectivity index is 0.000000276. The third-order valence-electron chi connectivity index (χ3n) is 21.9. The maximum absolute atomic E-state index is 12.8. The van der Waals surface area contributed by atoms with Crippen molar-refractivity contribution >= 4 is 52.9 Å². The number of nitrogens with two attached hydrogens (primary N) is 1. The Bertz CT molecular complexity index is 4910. The third kappa shape index (κ3) is 39.5. The molecule has 0 saturated carbocycles. The van der Waals surface area contributed by atoms with Crippen LogP contribution in [0.5, 0.6) is 11.5 Å². The maximum Gasteiger partial charge on any atom is 0.337 e. The van der Waals surface area contributed by atoms with Crippen LogP contribution in [0.1, 0.15) is 253 Å². The summed E-state index contributed by atoms with van der Waals surface area (Å²) in [7, 11) is 1.40. The fourth-order valence-corrected chi connectivity index (χ4v) is 15.3. The molecule has 0 bridgehead atoms. The van der Waals surface area contributed by atoms with E-state index in [2.05, 4.69) is 125 Å². The number of nitrogens with zero attached hydrogens (tertiary/aromatic N) is 12. The Hall–Kier alpha value is -12.4. The minimum absolute atomic E-state index is 0.0144. The van der Waals surface area contributed by atoms with Gasteiger partial charge in [-0.05, 0) is 226 Å². The van der Waals surface area contributed by atoms with E-state index in [9.17, 15) is 24.0 Å². The monoisotopic (exact) mass is 1770 g/mol. The molecular weight excluding hydrogens is 1640 g/mol. The summed E-state index contributed by atoms with van der Waals surface area (Å²) in [4.78, 5) is 110. The second kappa shape index (κ2) is 58.3. The summed E-state index contributed by atoms with van der Waals surface area (Å²) in [6.07, 6.45) is 27.7. The molecule has 0 spiro atoms. The molecule has 0 aliphatic rings. The number of benzene rings is 3. The summed E-state index contributed by atoms with van der Waals surface area (Å²) in [6, 6.07) is 67.7. The number of anilines is 4. The maximum atomic E-state index is 12.8. The van der Waals surface area contributed by atoms with Gasteiger partial charge in [-0.25, -0.2) is 24.7 Å². The summed E-state index contributed by atoms with van der Waals surface area (Å²) >= 11 is 0. The number of hydrogen-bond donors (Lipinski definition) is 5. The molecule has 0 radical (unpaired) electrons. The highest BCUT2D eigenvalue weighted by Gasteiger charge is 2.21. The summed E-state index contributed by atoms with van der Waals surface area (Å²) in [6.45, 7) is 17.1. The minimum Gasteiger partial charge on any atom is -0.494 e. The van der Waals surface area contributed by atoms with Crippen molar-refractivity contribution in [3.63, 3.8) is 0 Å². The molecule has 0 fully saturated rings. The lowest BCUT2D eigenvalue weighted by Gasteiger charge is -2.25. The SMILES string of the molecule is CCCCCC(=O)Nc1cccc(CN(Cc2cc(CN(Cc3ccccn3)Cc3cccc(NC(=O)CCCCC)n3)cc(OCCCCCCc3ccc(C(=O)OC)cc3)c2)Cc2ccccn2)n1.CCCCCC(=O)Nc1cccc(CN(Cc2cc(CN(Cc3ccccn3)Cc3cccc(NC(=O)CCCCC)n3)cc(OCCCCN)c2)Cc2ccccn2)n1. The Labute approximate surface area is 775 Å². The molecule has 0 saturated heterocycles. The first-order valence-electron chi connectivity index (χ1n) is 47.0. The molecule has 25 heteroatoms. The van der Waals surface area contributed by atoms with Crippen LogP contribution in [0.15, 0.2) is 231 Å². The number of carbonyl (C=O) groups is 5. The van der Waals surface area contributed by atoms with Crippen LogP contribution in [-0.2, 0) is 109 Å². The predicted octanol–water partition coefficient (Wildman–Crippen LogP) is 20.5. The number of aryl methyl sites for hydroxylation is 1.